The van der Waals surface area contributed by atoms with Crippen LogP contribution in [0.5, 0.6) is 0 Å². The van der Waals surface area contributed by atoms with E-state index in [0.717, 1.165) is 13.1 Å². The Morgan fingerprint density at radius 1 is 1.06 bits per heavy atom. The summed E-state index contributed by atoms with van der Waals surface area (Å²) in [4.78, 5) is 2.54. The fourth-order valence-electron chi connectivity index (χ4n) is 2.43. The van der Waals surface area contributed by atoms with Crippen molar-refractivity contribution in [2.24, 2.45) is 0 Å². The fraction of sp³-hybridized carbons (Fsp3) is 0.571. The first kappa shape index (κ1) is 11.5. The standard InChI is InChI=1S/C14H22N2/c1-12-5-6-14(13(2)11-12)16-9-3-7-15-8-4-10-16/h5-6,11,15H,3-4,7-10H2,1-2H3. The zero-order valence-corrected chi connectivity index (χ0v) is 10.4. The molecule has 0 amide bonds. The minimum Gasteiger partial charge on any atom is -0.371 e. The van der Waals surface area contributed by atoms with Crippen molar-refractivity contribution in [1.82, 2.24) is 5.32 Å². The molecule has 16 heavy (non-hydrogen) atoms. The molecule has 0 unspecified atom stereocenters. The molecule has 88 valence electrons. The quantitative estimate of drug-likeness (QED) is 0.779. The maximum Gasteiger partial charge on any atom is 0.0396 e. The zero-order valence-electron chi connectivity index (χ0n) is 10.4. The first-order valence-corrected chi connectivity index (χ1v) is 6.30. The van der Waals surface area contributed by atoms with Crippen LogP contribution in [0.4, 0.5) is 5.69 Å². The van der Waals surface area contributed by atoms with Gasteiger partial charge in [-0.2, -0.15) is 0 Å². The van der Waals surface area contributed by atoms with E-state index in [0.29, 0.717) is 0 Å². The maximum absolute atomic E-state index is 3.46. The average molecular weight is 218 g/mol. The molecule has 1 fully saturated rings. The van der Waals surface area contributed by atoms with Gasteiger partial charge in [0.25, 0.3) is 0 Å². The van der Waals surface area contributed by atoms with Crippen LogP contribution in [-0.4, -0.2) is 26.2 Å². The Morgan fingerprint density at radius 3 is 2.38 bits per heavy atom. The molecule has 1 N–H and O–H groups in total. The summed E-state index contributed by atoms with van der Waals surface area (Å²) in [6.07, 6.45) is 2.49. The highest BCUT2D eigenvalue weighted by Gasteiger charge is 2.10. The molecule has 1 heterocycles. The summed E-state index contributed by atoms with van der Waals surface area (Å²) in [6.45, 7) is 9.05. The van der Waals surface area contributed by atoms with E-state index in [1.807, 2.05) is 0 Å². The number of anilines is 1. The summed E-state index contributed by atoms with van der Waals surface area (Å²) in [7, 11) is 0. The molecule has 0 saturated carbocycles. The molecule has 0 spiro atoms. The second-order valence-corrected chi connectivity index (χ2v) is 4.73. The van der Waals surface area contributed by atoms with Crippen LogP contribution < -0.4 is 10.2 Å². The molecular formula is C14H22N2. The molecule has 0 aliphatic carbocycles. The molecule has 2 rings (SSSR count). The van der Waals surface area contributed by atoms with E-state index in [1.54, 1.807) is 0 Å². The van der Waals surface area contributed by atoms with E-state index in [4.69, 9.17) is 0 Å². The van der Waals surface area contributed by atoms with Crippen LogP contribution in [0.15, 0.2) is 18.2 Å². The van der Waals surface area contributed by atoms with E-state index in [1.165, 1.54) is 42.7 Å². The monoisotopic (exact) mass is 218 g/mol. The molecule has 2 nitrogen and oxygen atoms in total. The van der Waals surface area contributed by atoms with Crippen LogP contribution in [-0.2, 0) is 0 Å². The van der Waals surface area contributed by atoms with Crippen molar-refractivity contribution in [2.45, 2.75) is 26.7 Å². The first-order chi connectivity index (χ1) is 7.77. The molecule has 1 aromatic carbocycles. The van der Waals surface area contributed by atoms with E-state index in [9.17, 15) is 0 Å². The van der Waals surface area contributed by atoms with Gasteiger partial charge in [-0.25, -0.2) is 0 Å². The number of nitrogens with zero attached hydrogens (tertiary/aromatic N) is 1. The summed E-state index contributed by atoms with van der Waals surface area (Å²) >= 11 is 0. The summed E-state index contributed by atoms with van der Waals surface area (Å²) in [5.41, 5.74) is 4.19. The summed E-state index contributed by atoms with van der Waals surface area (Å²) in [6, 6.07) is 6.78. The van der Waals surface area contributed by atoms with Crippen molar-refractivity contribution in [2.75, 3.05) is 31.1 Å². The first-order valence-electron chi connectivity index (χ1n) is 6.30. The van der Waals surface area contributed by atoms with Crippen molar-refractivity contribution in [1.29, 1.82) is 0 Å². The van der Waals surface area contributed by atoms with Gasteiger partial charge in [0, 0.05) is 18.8 Å². The lowest BCUT2D eigenvalue weighted by Gasteiger charge is -2.28. The number of hydrogen-bond donors (Lipinski definition) is 1. The normalized spacial score (nSPS) is 18.0. The predicted molar refractivity (Wildman–Crippen MR) is 70.2 cm³/mol. The van der Waals surface area contributed by atoms with Crippen LogP contribution in [0, 0.1) is 13.8 Å². The number of aryl methyl sites for hydroxylation is 2. The molecule has 1 saturated heterocycles. The fourth-order valence-corrected chi connectivity index (χ4v) is 2.43. The van der Waals surface area contributed by atoms with Crippen molar-refractivity contribution in [3.8, 4) is 0 Å². The van der Waals surface area contributed by atoms with Gasteiger partial charge in [0.2, 0.25) is 0 Å². The predicted octanol–water partition coefficient (Wildman–Crippen LogP) is 2.49. The highest BCUT2D eigenvalue weighted by atomic mass is 15.1. The molecule has 0 atom stereocenters. The van der Waals surface area contributed by atoms with Gasteiger partial charge in [-0.15, -0.1) is 0 Å². The van der Waals surface area contributed by atoms with E-state index in [-0.39, 0.29) is 0 Å². The maximum atomic E-state index is 3.46. The Hall–Kier alpha value is -1.02. The van der Waals surface area contributed by atoms with Crippen LogP contribution in [0.2, 0.25) is 0 Å². The third-order valence-electron chi connectivity index (χ3n) is 3.26. The Bertz CT molecular complexity index is 339. The van der Waals surface area contributed by atoms with Gasteiger partial charge in [-0.05, 0) is 51.4 Å². The Labute approximate surface area is 98.7 Å². The third kappa shape index (κ3) is 2.76. The van der Waals surface area contributed by atoms with Gasteiger partial charge in [-0.1, -0.05) is 17.7 Å². The lowest BCUT2D eigenvalue weighted by molar-refractivity contribution is 0.567. The van der Waals surface area contributed by atoms with Crippen LogP contribution in [0.1, 0.15) is 24.0 Å². The second-order valence-electron chi connectivity index (χ2n) is 4.73. The lowest BCUT2D eigenvalue weighted by atomic mass is 10.1. The number of benzene rings is 1. The van der Waals surface area contributed by atoms with E-state index < -0.39 is 0 Å². The molecule has 1 aliphatic rings. The summed E-state index contributed by atoms with van der Waals surface area (Å²) in [5, 5.41) is 3.46. The van der Waals surface area contributed by atoms with Gasteiger partial charge in [0.05, 0.1) is 0 Å². The largest absolute Gasteiger partial charge is 0.371 e. The SMILES string of the molecule is Cc1ccc(N2CCCNCCC2)c(C)c1. The average Bonchev–Trinajstić information content (AvgIpc) is 2.19. The molecule has 0 radical (unpaired) electrons. The van der Waals surface area contributed by atoms with Crippen LogP contribution in [0.3, 0.4) is 0 Å². The molecule has 2 heteroatoms. The van der Waals surface area contributed by atoms with Crippen LogP contribution in [0.25, 0.3) is 0 Å². The Morgan fingerprint density at radius 2 is 1.75 bits per heavy atom. The zero-order chi connectivity index (χ0) is 11.4. The highest BCUT2D eigenvalue weighted by molar-refractivity contribution is 5.54. The smallest absolute Gasteiger partial charge is 0.0396 e. The molecule has 0 aromatic heterocycles. The van der Waals surface area contributed by atoms with Crippen molar-refractivity contribution >= 4 is 5.69 Å². The minimum absolute atomic E-state index is 1.15. The van der Waals surface area contributed by atoms with Crippen molar-refractivity contribution in [3.63, 3.8) is 0 Å². The minimum atomic E-state index is 1.15. The van der Waals surface area contributed by atoms with Crippen molar-refractivity contribution in [3.05, 3.63) is 29.3 Å². The van der Waals surface area contributed by atoms with E-state index >= 15 is 0 Å². The number of nitrogens with one attached hydrogen (secondary N) is 1. The number of hydrogen-bond acceptors (Lipinski definition) is 2. The van der Waals surface area contributed by atoms with Gasteiger partial charge >= 0.3 is 0 Å². The lowest BCUT2D eigenvalue weighted by Crippen LogP contribution is -2.34. The summed E-state index contributed by atoms with van der Waals surface area (Å²) in [5.74, 6) is 0. The Balaban J connectivity index is 2.14. The van der Waals surface area contributed by atoms with Crippen molar-refractivity contribution < 1.29 is 0 Å². The van der Waals surface area contributed by atoms with Gasteiger partial charge in [0.15, 0.2) is 0 Å². The molecular weight excluding hydrogens is 196 g/mol. The van der Waals surface area contributed by atoms with Gasteiger partial charge in [-0.3, -0.25) is 0 Å². The van der Waals surface area contributed by atoms with E-state index in [2.05, 4.69) is 42.3 Å². The van der Waals surface area contributed by atoms with Gasteiger partial charge in [0.1, 0.15) is 0 Å². The Kier molecular flexibility index (Phi) is 3.83. The molecule has 1 aromatic rings. The highest BCUT2D eigenvalue weighted by Crippen LogP contribution is 2.21. The molecule has 0 bridgehead atoms. The van der Waals surface area contributed by atoms with Crippen LogP contribution >= 0.6 is 0 Å². The summed E-state index contributed by atoms with van der Waals surface area (Å²) < 4.78 is 0. The number of rotatable bonds is 1. The topological polar surface area (TPSA) is 15.3 Å². The third-order valence-corrected chi connectivity index (χ3v) is 3.26. The molecule has 1 aliphatic heterocycles. The second kappa shape index (κ2) is 5.35. The van der Waals surface area contributed by atoms with Gasteiger partial charge < -0.3 is 10.2 Å².